The van der Waals surface area contributed by atoms with Crippen molar-refractivity contribution < 1.29 is 4.79 Å². The number of aromatic nitrogens is 3. The van der Waals surface area contributed by atoms with Gasteiger partial charge in [-0.15, -0.1) is 0 Å². The summed E-state index contributed by atoms with van der Waals surface area (Å²) < 4.78 is 2.19. The highest BCUT2D eigenvalue weighted by Gasteiger charge is 2.13. The largest absolute Gasteiger partial charge is 0.340 e. The van der Waals surface area contributed by atoms with Crippen LogP contribution in [0.5, 0.6) is 0 Å². The minimum absolute atomic E-state index is 0.0622. The first kappa shape index (κ1) is 29.4. The smallest absolute Gasteiger partial charge is 0.224 e. The lowest BCUT2D eigenvalue weighted by Crippen LogP contribution is -2.11. The van der Waals surface area contributed by atoms with Crippen LogP contribution in [0.15, 0.2) is 102 Å². The first-order valence-electron chi connectivity index (χ1n) is 15.0. The third-order valence-electron chi connectivity index (χ3n) is 7.24. The molecule has 0 radical (unpaired) electrons. The standard InChI is InChI=1S/C35H39N5OS/c1-2-3-4-5-6-7-8-12-22-35(41)39-28-17-15-16-27(23-28)38-34-24-32(36-26-37-34)31-25-40(33-21-14-13-20-30(31)33)42-29-18-10-9-11-19-29/h9-11,13-21,23-26H,2-8,12,22H2,1H3,(H,39,41)(H,36,37,38). The van der Waals surface area contributed by atoms with E-state index < -0.39 is 0 Å². The average Bonchev–Trinajstić information content (AvgIpc) is 3.37. The molecular formula is C35H39N5OS. The predicted molar refractivity (Wildman–Crippen MR) is 176 cm³/mol. The first-order valence-corrected chi connectivity index (χ1v) is 15.8. The maximum absolute atomic E-state index is 12.5. The first-order chi connectivity index (χ1) is 20.7. The van der Waals surface area contributed by atoms with Crippen LogP contribution < -0.4 is 10.6 Å². The molecule has 0 aliphatic rings. The Morgan fingerprint density at radius 3 is 2.36 bits per heavy atom. The molecule has 0 saturated heterocycles. The van der Waals surface area contributed by atoms with E-state index in [1.807, 2.05) is 36.4 Å². The Labute approximate surface area is 253 Å². The number of benzene rings is 3. The van der Waals surface area contributed by atoms with Crippen molar-refractivity contribution >= 4 is 46.0 Å². The van der Waals surface area contributed by atoms with Crippen LogP contribution in [0.3, 0.4) is 0 Å². The van der Waals surface area contributed by atoms with Gasteiger partial charge in [-0.2, -0.15) is 0 Å². The molecule has 0 aliphatic carbocycles. The summed E-state index contributed by atoms with van der Waals surface area (Å²) in [5, 5.41) is 7.57. The van der Waals surface area contributed by atoms with Gasteiger partial charge >= 0.3 is 0 Å². The number of carbonyl (C=O) groups excluding carboxylic acids is 1. The molecule has 6 nitrogen and oxygen atoms in total. The monoisotopic (exact) mass is 577 g/mol. The quantitative estimate of drug-likeness (QED) is 0.121. The average molecular weight is 578 g/mol. The maximum atomic E-state index is 12.5. The van der Waals surface area contributed by atoms with Crippen molar-refractivity contribution in [1.29, 1.82) is 0 Å². The Balaban J connectivity index is 1.21. The van der Waals surface area contributed by atoms with E-state index in [0.29, 0.717) is 12.2 Å². The lowest BCUT2D eigenvalue weighted by atomic mass is 10.1. The van der Waals surface area contributed by atoms with Crippen molar-refractivity contribution in [2.75, 3.05) is 10.6 Å². The minimum atomic E-state index is 0.0622. The summed E-state index contributed by atoms with van der Waals surface area (Å²) in [6, 6.07) is 28.4. The molecule has 0 bridgehead atoms. The highest BCUT2D eigenvalue weighted by molar-refractivity contribution is 7.98. The third kappa shape index (κ3) is 8.23. The molecule has 0 unspecified atom stereocenters. The number of carbonyl (C=O) groups is 1. The molecule has 2 aromatic heterocycles. The molecule has 2 heterocycles. The van der Waals surface area contributed by atoms with Crippen LogP contribution in [0.4, 0.5) is 17.2 Å². The molecule has 216 valence electrons. The van der Waals surface area contributed by atoms with Gasteiger partial charge in [0.1, 0.15) is 12.1 Å². The number of hydrogen-bond acceptors (Lipinski definition) is 5. The van der Waals surface area contributed by atoms with Crippen LogP contribution in [0.25, 0.3) is 22.2 Å². The summed E-state index contributed by atoms with van der Waals surface area (Å²) in [5.74, 6) is 0.752. The van der Waals surface area contributed by atoms with E-state index in [4.69, 9.17) is 0 Å². The number of para-hydroxylation sites is 1. The Kier molecular flexibility index (Phi) is 10.7. The summed E-state index contributed by atoms with van der Waals surface area (Å²) in [6.45, 7) is 2.24. The van der Waals surface area contributed by atoms with Crippen molar-refractivity contribution in [2.24, 2.45) is 0 Å². The van der Waals surface area contributed by atoms with Crippen molar-refractivity contribution in [3.8, 4) is 11.3 Å². The van der Waals surface area contributed by atoms with Crippen LogP contribution in [0, 0.1) is 0 Å². The van der Waals surface area contributed by atoms with E-state index in [2.05, 4.69) is 86.2 Å². The Bertz CT molecular complexity index is 1580. The summed E-state index contributed by atoms with van der Waals surface area (Å²) in [4.78, 5) is 22.8. The second-order valence-corrected chi connectivity index (χ2v) is 11.6. The zero-order valence-corrected chi connectivity index (χ0v) is 25.1. The van der Waals surface area contributed by atoms with Gasteiger partial charge in [-0.05, 0) is 54.8 Å². The van der Waals surface area contributed by atoms with Crippen molar-refractivity contribution in [3.05, 3.63) is 97.5 Å². The molecule has 0 aliphatic heterocycles. The molecular weight excluding hydrogens is 538 g/mol. The van der Waals surface area contributed by atoms with Gasteiger partial charge in [0.2, 0.25) is 5.91 Å². The molecule has 5 aromatic rings. The van der Waals surface area contributed by atoms with E-state index in [1.54, 1.807) is 18.3 Å². The van der Waals surface area contributed by atoms with E-state index in [1.165, 1.54) is 43.4 Å². The minimum Gasteiger partial charge on any atom is -0.340 e. The van der Waals surface area contributed by atoms with Crippen molar-refractivity contribution in [2.45, 2.75) is 69.6 Å². The molecule has 0 fully saturated rings. The molecule has 7 heteroatoms. The van der Waals surface area contributed by atoms with Gasteiger partial charge in [0.05, 0.1) is 11.2 Å². The molecule has 2 N–H and O–H groups in total. The van der Waals surface area contributed by atoms with Gasteiger partial charge in [-0.3, -0.25) is 8.77 Å². The lowest BCUT2D eigenvalue weighted by Gasteiger charge is -2.10. The molecule has 0 spiro atoms. The molecule has 0 atom stereocenters. The Morgan fingerprint density at radius 2 is 1.52 bits per heavy atom. The predicted octanol–water partition coefficient (Wildman–Crippen LogP) is 9.87. The van der Waals surface area contributed by atoms with Gasteiger partial charge in [-0.25, -0.2) is 9.97 Å². The number of nitrogens with one attached hydrogen (secondary N) is 2. The second-order valence-electron chi connectivity index (χ2n) is 10.6. The maximum Gasteiger partial charge on any atom is 0.224 e. The van der Waals surface area contributed by atoms with Crippen LogP contribution in [0.1, 0.15) is 64.7 Å². The number of anilines is 3. The highest BCUT2D eigenvalue weighted by Crippen LogP contribution is 2.35. The third-order valence-corrected chi connectivity index (χ3v) is 8.23. The van der Waals surface area contributed by atoms with Crippen LogP contribution in [-0.2, 0) is 4.79 Å². The summed E-state index contributed by atoms with van der Waals surface area (Å²) in [7, 11) is 0. The molecule has 5 rings (SSSR count). The topological polar surface area (TPSA) is 71.8 Å². The van der Waals surface area contributed by atoms with E-state index in [9.17, 15) is 4.79 Å². The van der Waals surface area contributed by atoms with Gasteiger partial charge in [0, 0.05) is 45.9 Å². The Hall–Kier alpha value is -4.10. The van der Waals surface area contributed by atoms with Gasteiger partial charge in [0.15, 0.2) is 0 Å². The number of nitrogens with zero attached hydrogens (tertiary/aromatic N) is 3. The highest BCUT2D eigenvalue weighted by atomic mass is 32.2. The van der Waals surface area contributed by atoms with E-state index in [0.717, 1.165) is 46.4 Å². The van der Waals surface area contributed by atoms with Crippen LogP contribution >= 0.6 is 11.9 Å². The normalized spacial score (nSPS) is 11.1. The fourth-order valence-corrected chi connectivity index (χ4v) is 5.98. The van der Waals surface area contributed by atoms with Gasteiger partial charge in [-0.1, -0.05) is 94.3 Å². The van der Waals surface area contributed by atoms with Crippen molar-refractivity contribution in [1.82, 2.24) is 13.9 Å². The zero-order chi connectivity index (χ0) is 29.0. The van der Waals surface area contributed by atoms with Gasteiger partial charge < -0.3 is 10.6 Å². The Morgan fingerprint density at radius 1 is 0.786 bits per heavy atom. The van der Waals surface area contributed by atoms with Crippen LogP contribution in [0.2, 0.25) is 0 Å². The molecule has 0 saturated carbocycles. The number of amides is 1. The SMILES string of the molecule is CCCCCCCCCCC(=O)Nc1cccc(Nc2cc(-c3cn(Sc4ccccc4)c4ccccc34)ncn2)c1. The fourth-order valence-electron chi connectivity index (χ4n) is 5.06. The molecule has 3 aromatic carbocycles. The van der Waals surface area contributed by atoms with Crippen molar-refractivity contribution in [3.63, 3.8) is 0 Å². The van der Waals surface area contributed by atoms with E-state index in [-0.39, 0.29) is 5.91 Å². The van der Waals surface area contributed by atoms with Gasteiger partial charge in [0.25, 0.3) is 0 Å². The number of rotatable bonds is 15. The van der Waals surface area contributed by atoms with Crippen LogP contribution in [-0.4, -0.2) is 19.8 Å². The summed E-state index contributed by atoms with van der Waals surface area (Å²) in [5.41, 5.74) is 4.64. The summed E-state index contributed by atoms with van der Waals surface area (Å²) >= 11 is 1.68. The lowest BCUT2D eigenvalue weighted by molar-refractivity contribution is -0.116. The summed E-state index contributed by atoms with van der Waals surface area (Å²) in [6.07, 6.45) is 14.0. The van der Waals surface area contributed by atoms with E-state index >= 15 is 0 Å². The zero-order valence-electron chi connectivity index (χ0n) is 24.3. The fraction of sp³-hybridized carbons (Fsp3) is 0.286. The second kappa shape index (κ2) is 15.2. The molecule has 42 heavy (non-hydrogen) atoms. The molecule has 1 amide bonds. The number of hydrogen-bond donors (Lipinski definition) is 2. The number of fused-ring (bicyclic) bond motifs is 1. The number of unbranched alkanes of at least 4 members (excludes halogenated alkanes) is 7.